The maximum atomic E-state index is 12.2. The van der Waals surface area contributed by atoms with Crippen LogP contribution in [0.1, 0.15) is 5.56 Å². The fourth-order valence-corrected chi connectivity index (χ4v) is 2.29. The number of fused-ring (bicyclic) bond motifs is 2. The standard InChI is InChI=1S/C15H9BrF3NO2/c16-10-1-3-13-9(5-10)7-20-12-6-11(2-4-14(12)22-13)21-8-15(17,18)19/h1-7H,8H2. The molecule has 2 aromatic rings. The first-order chi connectivity index (χ1) is 10.4. The van der Waals surface area contributed by atoms with Crippen molar-refractivity contribution in [1.29, 1.82) is 0 Å². The number of nitrogens with zero attached hydrogens (tertiary/aromatic N) is 1. The summed E-state index contributed by atoms with van der Waals surface area (Å²) in [5, 5.41) is 0. The number of aliphatic imine (C=N–C) groups is 1. The topological polar surface area (TPSA) is 30.8 Å². The smallest absolute Gasteiger partial charge is 0.422 e. The fraction of sp³-hybridized carbons (Fsp3) is 0.133. The Morgan fingerprint density at radius 2 is 1.86 bits per heavy atom. The fourth-order valence-electron chi connectivity index (χ4n) is 1.91. The zero-order chi connectivity index (χ0) is 15.7. The third kappa shape index (κ3) is 3.41. The molecule has 1 aliphatic heterocycles. The van der Waals surface area contributed by atoms with E-state index < -0.39 is 12.8 Å². The summed E-state index contributed by atoms with van der Waals surface area (Å²) in [6.45, 7) is -1.34. The molecule has 3 rings (SSSR count). The van der Waals surface area contributed by atoms with Gasteiger partial charge in [0, 0.05) is 22.3 Å². The summed E-state index contributed by atoms with van der Waals surface area (Å²) in [7, 11) is 0. The zero-order valence-corrected chi connectivity index (χ0v) is 12.6. The predicted molar refractivity (Wildman–Crippen MR) is 79.5 cm³/mol. The highest BCUT2D eigenvalue weighted by Gasteiger charge is 2.28. The van der Waals surface area contributed by atoms with Crippen LogP contribution in [0.3, 0.4) is 0 Å². The van der Waals surface area contributed by atoms with Gasteiger partial charge in [-0.15, -0.1) is 0 Å². The van der Waals surface area contributed by atoms with Crippen LogP contribution in [0.5, 0.6) is 17.2 Å². The van der Waals surface area contributed by atoms with Gasteiger partial charge in [-0.05, 0) is 30.3 Å². The van der Waals surface area contributed by atoms with Crippen molar-refractivity contribution in [2.75, 3.05) is 6.61 Å². The molecule has 7 heteroatoms. The maximum absolute atomic E-state index is 12.2. The molecule has 114 valence electrons. The van der Waals surface area contributed by atoms with Crippen molar-refractivity contribution < 1.29 is 22.6 Å². The van der Waals surface area contributed by atoms with Gasteiger partial charge in [0.05, 0.1) is 0 Å². The molecule has 0 spiro atoms. The van der Waals surface area contributed by atoms with Gasteiger partial charge in [-0.3, -0.25) is 4.99 Å². The average molecular weight is 372 g/mol. The number of alkyl halides is 3. The second-order valence-corrected chi connectivity index (χ2v) is 5.49. The van der Waals surface area contributed by atoms with E-state index >= 15 is 0 Å². The van der Waals surface area contributed by atoms with E-state index in [1.165, 1.54) is 18.2 Å². The van der Waals surface area contributed by atoms with Gasteiger partial charge in [-0.1, -0.05) is 15.9 Å². The van der Waals surface area contributed by atoms with Crippen LogP contribution in [-0.4, -0.2) is 19.0 Å². The summed E-state index contributed by atoms with van der Waals surface area (Å²) < 4.78 is 47.9. The minimum absolute atomic E-state index is 0.0870. The molecule has 0 aliphatic carbocycles. The van der Waals surface area contributed by atoms with E-state index in [0.717, 1.165) is 10.0 Å². The van der Waals surface area contributed by atoms with Crippen molar-refractivity contribution in [3.63, 3.8) is 0 Å². The van der Waals surface area contributed by atoms with Crippen molar-refractivity contribution >= 4 is 27.8 Å². The summed E-state index contributed by atoms with van der Waals surface area (Å²) >= 11 is 3.36. The minimum Gasteiger partial charge on any atom is -0.484 e. The van der Waals surface area contributed by atoms with Crippen LogP contribution in [-0.2, 0) is 0 Å². The number of hydrogen-bond donors (Lipinski definition) is 0. The van der Waals surface area contributed by atoms with E-state index in [1.807, 2.05) is 12.1 Å². The van der Waals surface area contributed by atoms with Crippen molar-refractivity contribution in [3.05, 3.63) is 46.4 Å². The Morgan fingerprint density at radius 1 is 1.09 bits per heavy atom. The Morgan fingerprint density at radius 3 is 2.64 bits per heavy atom. The lowest BCUT2D eigenvalue weighted by Crippen LogP contribution is -2.19. The Bertz CT molecular complexity index is 744. The van der Waals surface area contributed by atoms with Crippen LogP contribution in [0.2, 0.25) is 0 Å². The Labute approximate surface area is 132 Å². The molecule has 1 heterocycles. The zero-order valence-electron chi connectivity index (χ0n) is 11.0. The SMILES string of the molecule is FC(F)(F)COc1ccc2c(c1)N=Cc1cc(Br)ccc1O2. The summed E-state index contributed by atoms with van der Waals surface area (Å²) in [4.78, 5) is 4.24. The normalized spacial score (nSPS) is 12.9. The van der Waals surface area contributed by atoms with Gasteiger partial charge in [0.1, 0.15) is 17.2 Å². The minimum atomic E-state index is -4.38. The summed E-state index contributed by atoms with van der Waals surface area (Å²) in [6.07, 6.45) is -2.78. The van der Waals surface area contributed by atoms with Gasteiger partial charge in [-0.25, -0.2) is 0 Å². The van der Waals surface area contributed by atoms with Crippen LogP contribution < -0.4 is 9.47 Å². The van der Waals surface area contributed by atoms with Crippen LogP contribution >= 0.6 is 15.9 Å². The number of rotatable bonds is 2. The molecule has 0 aromatic heterocycles. The second-order valence-electron chi connectivity index (χ2n) is 4.58. The molecular formula is C15H9BrF3NO2. The first-order valence-electron chi connectivity index (χ1n) is 6.26. The van der Waals surface area contributed by atoms with Gasteiger partial charge < -0.3 is 9.47 Å². The molecule has 0 bridgehead atoms. The molecular weight excluding hydrogens is 363 g/mol. The molecule has 0 amide bonds. The molecule has 0 saturated carbocycles. The molecule has 0 fully saturated rings. The molecule has 0 atom stereocenters. The first kappa shape index (κ1) is 14.9. The van der Waals surface area contributed by atoms with Crippen molar-refractivity contribution in [1.82, 2.24) is 0 Å². The summed E-state index contributed by atoms with van der Waals surface area (Å²) in [5.41, 5.74) is 1.18. The molecule has 1 aliphatic rings. The molecule has 0 saturated heterocycles. The van der Waals surface area contributed by atoms with Gasteiger partial charge >= 0.3 is 6.18 Å². The molecule has 0 radical (unpaired) electrons. The summed E-state index contributed by atoms with van der Waals surface area (Å²) in [6, 6.07) is 9.83. The highest BCUT2D eigenvalue weighted by Crippen LogP contribution is 2.39. The van der Waals surface area contributed by atoms with Gasteiger partial charge in [0.15, 0.2) is 12.4 Å². The van der Waals surface area contributed by atoms with Crippen LogP contribution in [0, 0.1) is 0 Å². The number of ether oxygens (including phenoxy) is 2. The predicted octanol–water partition coefficient (Wildman–Crippen LogP) is 5.25. The molecule has 3 nitrogen and oxygen atoms in total. The van der Waals surface area contributed by atoms with Crippen molar-refractivity contribution in [3.8, 4) is 17.2 Å². The van der Waals surface area contributed by atoms with Crippen LogP contribution in [0.4, 0.5) is 18.9 Å². The second kappa shape index (κ2) is 5.64. The quantitative estimate of drug-likeness (QED) is 0.616. The first-order valence-corrected chi connectivity index (χ1v) is 7.05. The van der Waals surface area contributed by atoms with Gasteiger partial charge in [-0.2, -0.15) is 13.2 Å². The highest BCUT2D eigenvalue weighted by atomic mass is 79.9. The van der Waals surface area contributed by atoms with Gasteiger partial charge in [0.2, 0.25) is 0 Å². The average Bonchev–Trinajstić information content (AvgIpc) is 2.63. The number of hydrogen-bond acceptors (Lipinski definition) is 3. The maximum Gasteiger partial charge on any atom is 0.422 e. The van der Waals surface area contributed by atoms with E-state index in [0.29, 0.717) is 17.2 Å². The van der Waals surface area contributed by atoms with E-state index in [-0.39, 0.29) is 5.75 Å². The third-order valence-corrected chi connectivity index (χ3v) is 3.36. The lowest BCUT2D eigenvalue weighted by molar-refractivity contribution is -0.153. The van der Waals surface area contributed by atoms with E-state index in [2.05, 4.69) is 20.9 Å². The van der Waals surface area contributed by atoms with E-state index in [4.69, 9.17) is 9.47 Å². The highest BCUT2D eigenvalue weighted by molar-refractivity contribution is 9.10. The lowest BCUT2D eigenvalue weighted by atomic mass is 10.2. The molecule has 22 heavy (non-hydrogen) atoms. The largest absolute Gasteiger partial charge is 0.484 e. The Balaban J connectivity index is 1.88. The van der Waals surface area contributed by atoms with Crippen LogP contribution in [0.15, 0.2) is 45.9 Å². The van der Waals surface area contributed by atoms with E-state index in [9.17, 15) is 13.2 Å². The Kier molecular flexibility index (Phi) is 3.82. The number of halogens is 4. The van der Waals surface area contributed by atoms with E-state index in [1.54, 1.807) is 12.3 Å². The molecule has 0 unspecified atom stereocenters. The number of benzene rings is 2. The van der Waals surface area contributed by atoms with Crippen LogP contribution in [0.25, 0.3) is 0 Å². The van der Waals surface area contributed by atoms with Crippen molar-refractivity contribution in [2.45, 2.75) is 6.18 Å². The lowest BCUT2D eigenvalue weighted by Gasteiger charge is -2.11. The third-order valence-electron chi connectivity index (χ3n) is 2.87. The van der Waals surface area contributed by atoms with Crippen molar-refractivity contribution in [2.24, 2.45) is 4.99 Å². The Hall–Kier alpha value is -2.02. The van der Waals surface area contributed by atoms with Gasteiger partial charge in [0.25, 0.3) is 0 Å². The summed E-state index contributed by atoms with van der Waals surface area (Å²) in [5.74, 6) is 1.16. The molecule has 2 aromatic carbocycles. The molecule has 0 N–H and O–H groups in total. The monoisotopic (exact) mass is 371 g/mol.